The second-order valence-corrected chi connectivity index (χ2v) is 13.9. The Morgan fingerprint density at radius 3 is 2.50 bits per heavy atom. The predicted molar refractivity (Wildman–Crippen MR) is 126 cm³/mol. The zero-order chi connectivity index (χ0) is 22.2. The number of rotatable bonds is 9. The van der Waals surface area contributed by atoms with Crippen molar-refractivity contribution in [3.8, 4) is 0 Å². The SMILES string of the molecule is COC(=O)CCC/C=C(/c1cccnc1)c1cccc(CO[Si](C)(C)C(C)(C)C)c1. The molecule has 0 saturated carbocycles. The van der Waals surface area contributed by atoms with Crippen molar-refractivity contribution in [2.24, 2.45) is 0 Å². The number of pyridine rings is 1. The number of hydrogen-bond acceptors (Lipinski definition) is 4. The Morgan fingerprint density at radius 1 is 1.13 bits per heavy atom. The lowest BCUT2D eigenvalue weighted by Crippen LogP contribution is -2.40. The van der Waals surface area contributed by atoms with Crippen LogP contribution in [0.2, 0.25) is 18.1 Å². The fourth-order valence-corrected chi connectivity index (χ4v) is 3.79. The van der Waals surface area contributed by atoms with Gasteiger partial charge in [-0.15, -0.1) is 0 Å². The molecule has 1 aromatic carbocycles. The van der Waals surface area contributed by atoms with Crippen LogP contribution in [-0.4, -0.2) is 26.4 Å². The average Bonchev–Trinajstić information content (AvgIpc) is 2.72. The fourth-order valence-electron chi connectivity index (χ4n) is 2.83. The van der Waals surface area contributed by atoms with Crippen LogP contribution in [0.1, 0.15) is 56.7 Å². The largest absolute Gasteiger partial charge is 0.469 e. The first-order valence-electron chi connectivity index (χ1n) is 10.5. The second kappa shape index (κ2) is 10.7. The summed E-state index contributed by atoms with van der Waals surface area (Å²) in [6, 6.07) is 12.5. The van der Waals surface area contributed by atoms with Gasteiger partial charge in [0, 0.05) is 24.4 Å². The van der Waals surface area contributed by atoms with E-state index in [1.165, 1.54) is 12.7 Å². The summed E-state index contributed by atoms with van der Waals surface area (Å²) in [5.74, 6) is -0.170. The van der Waals surface area contributed by atoms with Crippen molar-refractivity contribution < 1.29 is 14.0 Å². The molecule has 0 aliphatic heterocycles. The van der Waals surface area contributed by atoms with Crippen LogP contribution < -0.4 is 0 Å². The number of benzene rings is 1. The number of unbranched alkanes of at least 4 members (excludes halogenated alkanes) is 1. The minimum absolute atomic E-state index is 0.170. The zero-order valence-corrected chi connectivity index (χ0v) is 20.2. The van der Waals surface area contributed by atoms with Crippen molar-refractivity contribution in [1.29, 1.82) is 0 Å². The minimum atomic E-state index is -1.80. The molecule has 0 spiro atoms. The topological polar surface area (TPSA) is 48.4 Å². The molecule has 2 aromatic rings. The molecule has 0 fully saturated rings. The van der Waals surface area contributed by atoms with Gasteiger partial charge in [-0.2, -0.15) is 0 Å². The Morgan fingerprint density at radius 2 is 1.87 bits per heavy atom. The summed E-state index contributed by atoms with van der Waals surface area (Å²) in [7, 11) is -0.378. The molecular weight excluding hydrogens is 390 g/mol. The van der Waals surface area contributed by atoms with Crippen molar-refractivity contribution in [3.63, 3.8) is 0 Å². The Balaban J connectivity index is 2.22. The summed E-state index contributed by atoms with van der Waals surface area (Å²) in [5, 5.41) is 0.186. The summed E-state index contributed by atoms with van der Waals surface area (Å²) in [5.41, 5.74) is 4.50. The summed E-state index contributed by atoms with van der Waals surface area (Å²) in [4.78, 5) is 15.7. The van der Waals surface area contributed by atoms with Gasteiger partial charge in [-0.25, -0.2) is 0 Å². The molecule has 162 valence electrons. The molecule has 0 radical (unpaired) electrons. The van der Waals surface area contributed by atoms with Gasteiger partial charge in [-0.3, -0.25) is 9.78 Å². The molecule has 5 heteroatoms. The van der Waals surface area contributed by atoms with E-state index in [0.29, 0.717) is 13.0 Å². The lowest BCUT2D eigenvalue weighted by atomic mass is 9.96. The van der Waals surface area contributed by atoms with E-state index in [-0.39, 0.29) is 11.0 Å². The summed E-state index contributed by atoms with van der Waals surface area (Å²) >= 11 is 0. The number of methoxy groups -OCH3 is 1. The van der Waals surface area contributed by atoms with Gasteiger partial charge in [0.1, 0.15) is 0 Å². The lowest BCUT2D eigenvalue weighted by molar-refractivity contribution is -0.140. The van der Waals surface area contributed by atoms with Crippen LogP contribution in [0.3, 0.4) is 0 Å². The van der Waals surface area contributed by atoms with Crippen molar-refractivity contribution in [1.82, 2.24) is 4.98 Å². The summed E-state index contributed by atoms with van der Waals surface area (Å²) in [6.07, 6.45) is 7.82. The number of hydrogen-bond donors (Lipinski definition) is 0. The van der Waals surface area contributed by atoms with Crippen molar-refractivity contribution in [2.75, 3.05) is 7.11 Å². The average molecular weight is 426 g/mol. The molecule has 2 rings (SSSR count). The molecule has 0 N–H and O–H groups in total. The van der Waals surface area contributed by atoms with Crippen LogP contribution >= 0.6 is 0 Å². The summed E-state index contributed by atoms with van der Waals surface area (Å²) < 4.78 is 11.2. The van der Waals surface area contributed by atoms with Crippen LogP contribution in [0.5, 0.6) is 0 Å². The monoisotopic (exact) mass is 425 g/mol. The molecule has 0 aliphatic rings. The third-order valence-electron chi connectivity index (χ3n) is 5.78. The molecular formula is C25H35NO3Si. The lowest BCUT2D eigenvalue weighted by Gasteiger charge is -2.36. The maximum Gasteiger partial charge on any atom is 0.305 e. The molecule has 0 unspecified atom stereocenters. The molecule has 0 atom stereocenters. The molecule has 1 heterocycles. The van der Waals surface area contributed by atoms with E-state index in [4.69, 9.17) is 9.16 Å². The van der Waals surface area contributed by atoms with E-state index >= 15 is 0 Å². The highest BCUT2D eigenvalue weighted by molar-refractivity contribution is 6.74. The maximum absolute atomic E-state index is 11.4. The molecule has 30 heavy (non-hydrogen) atoms. The number of allylic oxidation sites excluding steroid dienone is 1. The van der Waals surface area contributed by atoms with Crippen LogP contribution in [-0.2, 0) is 20.6 Å². The zero-order valence-electron chi connectivity index (χ0n) is 19.2. The normalized spacial score (nSPS) is 12.7. The number of carbonyl (C=O) groups excluding carboxylic acids is 1. The van der Waals surface area contributed by atoms with Crippen LogP contribution in [0.15, 0.2) is 54.9 Å². The maximum atomic E-state index is 11.4. The second-order valence-electron chi connectivity index (χ2n) is 9.08. The fraction of sp³-hybridized carbons (Fsp3) is 0.440. The number of aromatic nitrogens is 1. The molecule has 0 aliphatic carbocycles. The van der Waals surface area contributed by atoms with Crippen molar-refractivity contribution in [2.45, 2.75) is 64.8 Å². The molecule has 0 bridgehead atoms. The molecule has 0 saturated heterocycles. The van der Waals surface area contributed by atoms with E-state index in [0.717, 1.165) is 29.5 Å². The van der Waals surface area contributed by atoms with Gasteiger partial charge < -0.3 is 9.16 Å². The Bertz CT molecular complexity index is 854. The van der Waals surface area contributed by atoms with Gasteiger partial charge in [0.2, 0.25) is 0 Å². The van der Waals surface area contributed by atoms with E-state index in [1.54, 1.807) is 6.20 Å². The highest BCUT2D eigenvalue weighted by Crippen LogP contribution is 2.37. The van der Waals surface area contributed by atoms with Gasteiger partial charge in [0.15, 0.2) is 8.32 Å². The standard InChI is InChI=1S/C25H35NO3Si/c1-25(2,3)30(5,6)29-19-20-11-9-12-21(17-20)23(22-13-10-16-26-18-22)14-7-8-15-24(27)28-4/h9-14,16-18H,7-8,15,19H2,1-6H3/b23-14+. The van der Waals surface area contributed by atoms with Crippen molar-refractivity contribution in [3.05, 3.63) is 71.6 Å². The third-order valence-corrected chi connectivity index (χ3v) is 10.3. The van der Waals surface area contributed by atoms with E-state index in [2.05, 4.69) is 75.3 Å². The first-order valence-corrected chi connectivity index (χ1v) is 13.5. The first-order chi connectivity index (χ1) is 14.1. The van der Waals surface area contributed by atoms with Crippen molar-refractivity contribution >= 4 is 19.9 Å². The number of ether oxygens (including phenoxy) is 1. The smallest absolute Gasteiger partial charge is 0.305 e. The van der Waals surface area contributed by atoms with Crippen LogP contribution in [0, 0.1) is 0 Å². The van der Waals surface area contributed by atoms with E-state index in [1.807, 2.05) is 12.3 Å². The van der Waals surface area contributed by atoms with Gasteiger partial charge in [-0.05, 0) is 59.8 Å². The Labute approximate surface area is 182 Å². The highest BCUT2D eigenvalue weighted by atomic mass is 28.4. The van der Waals surface area contributed by atoms with Gasteiger partial charge >= 0.3 is 5.97 Å². The van der Waals surface area contributed by atoms with Gasteiger partial charge in [0.25, 0.3) is 0 Å². The number of nitrogens with zero attached hydrogens (tertiary/aromatic N) is 1. The Kier molecular flexibility index (Phi) is 8.56. The number of esters is 1. The van der Waals surface area contributed by atoms with E-state index < -0.39 is 8.32 Å². The van der Waals surface area contributed by atoms with E-state index in [9.17, 15) is 4.79 Å². The highest BCUT2D eigenvalue weighted by Gasteiger charge is 2.37. The van der Waals surface area contributed by atoms with Crippen LogP contribution in [0.25, 0.3) is 5.57 Å². The summed E-state index contributed by atoms with van der Waals surface area (Å²) in [6.45, 7) is 11.9. The quantitative estimate of drug-likeness (QED) is 0.266. The first kappa shape index (κ1) is 24.0. The van der Waals surface area contributed by atoms with Gasteiger partial charge in [0.05, 0.1) is 13.7 Å². The molecule has 4 nitrogen and oxygen atoms in total. The van der Waals surface area contributed by atoms with Gasteiger partial charge in [-0.1, -0.05) is 51.1 Å². The molecule has 1 aromatic heterocycles. The predicted octanol–water partition coefficient (Wildman–Crippen LogP) is 6.38. The molecule has 0 amide bonds. The Hall–Kier alpha value is -2.24. The number of carbonyl (C=O) groups is 1. The minimum Gasteiger partial charge on any atom is -0.469 e. The van der Waals surface area contributed by atoms with Crippen LogP contribution in [0.4, 0.5) is 0 Å². The third kappa shape index (κ3) is 6.92.